The zero-order chi connectivity index (χ0) is 22.1. The van der Waals surface area contributed by atoms with Crippen LogP contribution in [0.2, 0.25) is 0 Å². The lowest BCUT2D eigenvalue weighted by Gasteiger charge is -2.19. The molecule has 7 nitrogen and oxygen atoms in total. The van der Waals surface area contributed by atoms with E-state index >= 15 is 0 Å². The minimum atomic E-state index is -0.339. The Morgan fingerprint density at radius 2 is 2.03 bits per heavy atom. The predicted molar refractivity (Wildman–Crippen MR) is 139 cm³/mol. The van der Waals surface area contributed by atoms with Gasteiger partial charge in [0.2, 0.25) is 0 Å². The van der Waals surface area contributed by atoms with Crippen LogP contribution in [0.4, 0.5) is 5.69 Å². The number of amides is 1. The van der Waals surface area contributed by atoms with E-state index in [1.54, 1.807) is 7.05 Å². The van der Waals surface area contributed by atoms with E-state index in [-0.39, 0.29) is 42.1 Å². The molecule has 1 fully saturated rings. The Labute approximate surface area is 207 Å². The molecule has 174 valence electrons. The van der Waals surface area contributed by atoms with Crippen molar-refractivity contribution in [2.75, 3.05) is 25.5 Å². The molecule has 2 unspecified atom stereocenters. The number of hydrogen-bond donors (Lipinski definition) is 3. The molecule has 2 atom stereocenters. The van der Waals surface area contributed by atoms with E-state index in [1.807, 2.05) is 62.4 Å². The van der Waals surface area contributed by atoms with Crippen LogP contribution in [0.5, 0.6) is 5.75 Å². The summed E-state index contributed by atoms with van der Waals surface area (Å²) in [4.78, 5) is 16.5. The highest BCUT2D eigenvalue weighted by atomic mass is 127. The van der Waals surface area contributed by atoms with Crippen molar-refractivity contribution in [2.45, 2.75) is 45.4 Å². The van der Waals surface area contributed by atoms with E-state index < -0.39 is 0 Å². The Balaban J connectivity index is 0.00000363. The van der Waals surface area contributed by atoms with Gasteiger partial charge in [0.05, 0.1) is 6.54 Å². The van der Waals surface area contributed by atoms with Crippen molar-refractivity contribution < 1.29 is 14.3 Å². The molecule has 8 heteroatoms. The maximum atomic E-state index is 12.2. The van der Waals surface area contributed by atoms with Crippen molar-refractivity contribution in [3.05, 3.63) is 59.7 Å². The van der Waals surface area contributed by atoms with Gasteiger partial charge in [0, 0.05) is 25.9 Å². The van der Waals surface area contributed by atoms with Crippen molar-refractivity contribution in [1.82, 2.24) is 10.6 Å². The SMILES string of the molecule is CN=C(NCc1cccc(NC(=O)C2CCCO2)c1)NCC(C)Oc1ccccc1C.I. The molecule has 0 saturated carbocycles. The number of nitrogens with one attached hydrogen (secondary N) is 3. The van der Waals surface area contributed by atoms with Crippen LogP contribution < -0.4 is 20.7 Å². The molecule has 1 aliphatic heterocycles. The first kappa shape index (κ1) is 25.9. The topological polar surface area (TPSA) is 84.0 Å². The molecule has 3 rings (SSSR count). The standard InChI is InChI=1S/C24H32N4O3.HI/c1-17-8-4-5-11-21(17)31-18(2)15-26-24(25-3)27-16-19-9-6-10-20(14-19)28-23(29)22-12-7-13-30-22;/h4-6,8-11,14,18,22H,7,12-13,15-16H2,1-3H3,(H,28,29)(H2,25,26,27);1H. The lowest BCUT2D eigenvalue weighted by molar-refractivity contribution is -0.124. The lowest BCUT2D eigenvalue weighted by Crippen LogP contribution is -2.41. The van der Waals surface area contributed by atoms with Crippen LogP contribution in [0.3, 0.4) is 0 Å². The first-order valence-corrected chi connectivity index (χ1v) is 10.7. The second kappa shape index (κ2) is 13.3. The Morgan fingerprint density at radius 1 is 1.22 bits per heavy atom. The maximum Gasteiger partial charge on any atom is 0.253 e. The number of rotatable bonds is 8. The third kappa shape index (κ3) is 7.98. The van der Waals surface area contributed by atoms with Gasteiger partial charge in [-0.1, -0.05) is 30.3 Å². The van der Waals surface area contributed by atoms with Crippen LogP contribution >= 0.6 is 24.0 Å². The molecule has 0 radical (unpaired) electrons. The quantitative estimate of drug-likeness (QED) is 0.263. The molecule has 0 spiro atoms. The van der Waals surface area contributed by atoms with E-state index in [0.29, 0.717) is 25.7 Å². The molecule has 2 aromatic rings. The second-order valence-corrected chi connectivity index (χ2v) is 7.69. The Morgan fingerprint density at radius 3 is 2.75 bits per heavy atom. The number of hydrogen-bond acceptors (Lipinski definition) is 4. The van der Waals surface area contributed by atoms with Crippen molar-refractivity contribution in [1.29, 1.82) is 0 Å². The van der Waals surface area contributed by atoms with Gasteiger partial charge in [-0.25, -0.2) is 0 Å². The maximum absolute atomic E-state index is 12.2. The first-order chi connectivity index (χ1) is 15.0. The number of aryl methyl sites for hydroxylation is 1. The lowest BCUT2D eigenvalue weighted by atomic mass is 10.2. The molecule has 2 aromatic carbocycles. The molecule has 3 N–H and O–H groups in total. The second-order valence-electron chi connectivity index (χ2n) is 7.69. The van der Waals surface area contributed by atoms with E-state index in [2.05, 4.69) is 20.9 Å². The highest BCUT2D eigenvalue weighted by Crippen LogP contribution is 2.18. The molecule has 1 heterocycles. The number of benzene rings is 2. The molecule has 1 amide bonds. The summed E-state index contributed by atoms with van der Waals surface area (Å²) in [6.45, 7) is 5.91. The van der Waals surface area contributed by atoms with Crippen LogP contribution in [0.25, 0.3) is 0 Å². The number of aliphatic imine (C=N–C) groups is 1. The molecule has 1 saturated heterocycles. The molecule has 0 aliphatic carbocycles. The Kier molecular flexibility index (Phi) is 10.8. The van der Waals surface area contributed by atoms with Gasteiger partial charge in [0.15, 0.2) is 5.96 Å². The average Bonchev–Trinajstić information content (AvgIpc) is 3.31. The summed E-state index contributed by atoms with van der Waals surface area (Å²) in [6.07, 6.45) is 1.36. The van der Waals surface area contributed by atoms with E-state index in [0.717, 1.165) is 35.4 Å². The smallest absolute Gasteiger partial charge is 0.253 e. The van der Waals surface area contributed by atoms with Crippen molar-refractivity contribution in [2.24, 2.45) is 4.99 Å². The highest BCUT2D eigenvalue weighted by molar-refractivity contribution is 14.0. The van der Waals surface area contributed by atoms with Crippen molar-refractivity contribution in [3.63, 3.8) is 0 Å². The summed E-state index contributed by atoms with van der Waals surface area (Å²) in [5, 5.41) is 9.53. The molecule has 32 heavy (non-hydrogen) atoms. The molecule has 1 aliphatic rings. The van der Waals surface area contributed by atoms with Gasteiger partial charge < -0.3 is 25.4 Å². The Bertz CT molecular complexity index is 900. The number of halogens is 1. The zero-order valence-corrected chi connectivity index (χ0v) is 21.2. The molecule has 0 bridgehead atoms. The number of ether oxygens (including phenoxy) is 2. The predicted octanol–water partition coefficient (Wildman–Crippen LogP) is 3.86. The van der Waals surface area contributed by atoms with E-state index in [9.17, 15) is 4.79 Å². The minimum Gasteiger partial charge on any atom is -0.489 e. The largest absolute Gasteiger partial charge is 0.489 e. The monoisotopic (exact) mass is 552 g/mol. The molecule has 0 aromatic heterocycles. The van der Waals surface area contributed by atoms with Crippen molar-refractivity contribution >= 4 is 41.5 Å². The zero-order valence-electron chi connectivity index (χ0n) is 18.9. The number of carbonyl (C=O) groups excluding carboxylic acids is 1. The van der Waals surface area contributed by atoms with Crippen LogP contribution in [0.15, 0.2) is 53.5 Å². The minimum absolute atomic E-state index is 0. The number of carbonyl (C=O) groups is 1. The van der Waals surface area contributed by atoms with Gasteiger partial charge in [0.1, 0.15) is 18.0 Å². The summed E-state index contributed by atoms with van der Waals surface area (Å²) in [6, 6.07) is 15.8. The van der Waals surface area contributed by atoms with Gasteiger partial charge in [0.25, 0.3) is 5.91 Å². The third-order valence-electron chi connectivity index (χ3n) is 5.08. The van der Waals surface area contributed by atoms with Gasteiger partial charge in [-0.3, -0.25) is 9.79 Å². The van der Waals surface area contributed by atoms with Crippen molar-refractivity contribution in [3.8, 4) is 5.75 Å². The molecular formula is C24H33IN4O3. The summed E-state index contributed by atoms with van der Waals surface area (Å²) in [5.41, 5.74) is 2.92. The number of anilines is 1. The summed E-state index contributed by atoms with van der Waals surface area (Å²) in [5.74, 6) is 1.50. The van der Waals surface area contributed by atoms with Gasteiger partial charge in [-0.05, 0) is 56.0 Å². The van der Waals surface area contributed by atoms with Gasteiger partial charge in [-0.2, -0.15) is 0 Å². The van der Waals surface area contributed by atoms with Crippen LogP contribution in [-0.2, 0) is 16.1 Å². The Hall–Kier alpha value is -2.33. The van der Waals surface area contributed by atoms with E-state index in [1.165, 1.54) is 0 Å². The summed E-state index contributed by atoms with van der Waals surface area (Å²) in [7, 11) is 1.74. The normalized spacial score (nSPS) is 16.6. The van der Waals surface area contributed by atoms with Crippen LogP contribution in [0, 0.1) is 6.92 Å². The van der Waals surface area contributed by atoms with Crippen LogP contribution in [-0.4, -0.2) is 44.3 Å². The van der Waals surface area contributed by atoms with Gasteiger partial charge in [-0.15, -0.1) is 24.0 Å². The fraction of sp³-hybridized carbons (Fsp3) is 0.417. The number of guanidine groups is 1. The fourth-order valence-corrected chi connectivity index (χ4v) is 3.36. The van der Waals surface area contributed by atoms with Crippen LogP contribution in [0.1, 0.15) is 30.9 Å². The number of nitrogens with zero attached hydrogens (tertiary/aromatic N) is 1. The summed E-state index contributed by atoms with van der Waals surface area (Å²) >= 11 is 0. The average molecular weight is 552 g/mol. The number of para-hydroxylation sites is 1. The molecular weight excluding hydrogens is 519 g/mol. The van der Waals surface area contributed by atoms with Gasteiger partial charge >= 0.3 is 0 Å². The summed E-state index contributed by atoms with van der Waals surface area (Å²) < 4.78 is 11.4. The third-order valence-corrected chi connectivity index (χ3v) is 5.08. The highest BCUT2D eigenvalue weighted by Gasteiger charge is 2.23. The fourth-order valence-electron chi connectivity index (χ4n) is 3.36. The van der Waals surface area contributed by atoms with E-state index in [4.69, 9.17) is 9.47 Å². The first-order valence-electron chi connectivity index (χ1n) is 10.7.